The predicted octanol–water partition coefficient (Wildman–Crippen LogP) is 0.183. The topological polar surface area (TPSA) is 37.3 Å². The third kappa shape index (κ3) is 15.7. The minimum atomic E-state index is -0.833. The monoisotopic (exact) mass is 257 g/mol. The molecule has 0 saturated carbocycles. The predicted molar refractivity (Wildman–Crippen MR) is 9.83 cm³/mol. The summed E-state index contributed by atoms with van der Waals surface area (Å²) in [6.45, 7) is 0. The SMILES string of the molecule is O=PO.[Ir]. The van der Waals surface area contributed by atoms with E-state index in [1.165, 1.54) is 0 Å². The first kappa shape index (κ1) is 8.83. The second-order valence-electron chi connectivity index (χ2n) is 0.0816. The Hall–Kier alpha value is 0.709. The Kier molecular flexibility index (Phi) is 20.6. The molecule has 4 heavy (non-hydrogen) atoms. The van der Waals surface area contributed by atoms with Crippen molar-refractivity contribution in [3.63, 3.8) is 0 Å². The van der Waals surface area contributed by atoms with Crippen molar-refractivity contribution < 1.29 is 29.6 Å². The number of rotatable bonds is 0. The molecule has 0 aliphatic carbocycles. The number of hydrogen-bond acceptors (Lipinski definition) is 1. The first-order valence-electron chi connectivity index (χ1n) is 0.383. The Morgan fingerprint density at radius 3 is 1.75 bits per heavy atom. The zero-order valence-electron chi connectivity index (χ0n) is 1.64. The van der Waals surface area contributed by atoms with Crippen LogP contribution in [0.2, 0.25) is 0 Å². The first-order valence-corrected chi connectivity index (χ1v) is 1.15. The van der Waals surface area contributed by atoms with Crippen LogP contribution in [-0.2, 0) is 24.7 Å². The van der Waals surface area contributed by atoms with E-state index in [4.69, 9.17) is 9.46 Å². The Labute approximate surface area is 38.9 Å². The van der Waals surface area contributed by atoms with Crippen LogP contribution in [0.3, 0.4) is 0 Å². The van der Waals surface area contributed by atoms with Crippen LogP contribution in [0.15, 0.2) is 0 Å². The molecule has 1 N–H and O–H groups in total. The fourth-order valence-corrected chi connectivity index (χ4v) is 0. The average Bonchev–Trinajstić information content (AvgIpc) is 0.918. The molecular weight excluding hydrogens is 255 g/mol. The van der Waals surface area contributed by atoms with Gasteiger partial charge in [-0.1, -0.05) is 0 Å². The average molecular weight is 256 g/mol. The molecule has 2 nitrogen and oxygen atoms in total. The molecule has 0 rings (SSSR count). The van der Waals surface area contributed by atoms with Crippen molar-refractivity contribution in [2.45, 2.75) is 0 Å². The molecule has 0 fully saturated rings. The molecule has 0 aromatic heterocycles. The van der Waals surface area contributed by atoms with Crippen LogP contribution >= 0.6 is 8.69 Å². The van der Waals surface area contributed by atoms with Gasteiger partial charge in [-0.05, 0) is 0 Å². The van der Waals surface area contributed by atoms with Gasteiger partial charge in [-0.25, -0.2) is 4.57 Å². The Morgan fingerprint density at radius 2 is 1.75 bits per heavy atom. The summed E-state index contributed by atoms with van der Waals surface area (Å²) in [5.41, 5.74) is 0. The summed E-state index contributed by atoms with van der Waals surface area (Å²) in [6.07, 6.45) is 0. The molecule has 1 radical (unpaired) electrons. The van der Waals surface area contributed by atoms with Crippen molar-refractivity contribution >= 4 is 8.69 Å². The molecule has 0 unspecified atom stereocenters. The second-order valence-corrected chi connectivity index (χ2v) is 0.245. The van der Waals surface area contributed by atoms with E-state index in [1.807, 2.05) is 0 Å². The molecule has 0 aliphatic rings. The molecule has 0 amide bonds. The van der Waals surface area contributed by atoms with Crippen molar-refractivity contribution in [2.75, 3.05) is 0 Å². The molecule has 0 spiro atoms. The van der Waals surface area contributed by atoms with Gasteiger partial charge in [0.1, 0.15) is 0 Å². The van der Waals surface area contributed by atoms with E-state index in [0.29, 0.717) is 0 Å². The molecule has 0 aromatic carbocycles. The third-order valence-corrected chi connectivity index (χ3v) is 0. The molecule has 0 aliphatic heterocycles. The van der Waals surface area contributed by atoms with Crippen LogP contribution in [0.5, 0.6) is 0 Å². The summed E-state index contributed by atoms with van der Waals surface area (Å²) >= 11 is 0. The number of hydrogen-bond donors (Lipinski definition) is 1. The van der Waals surface area contributed by atoms with Gasteiger partial charge in [-0.3, -0.25) is 0 Å². The van der Waals surface area contributed by atoms with E-state index in [-0.39, 0.29) is 20.1 Å². The van der Waals surface area contributed by atoms with E-state index in [2.05, 4.69) is 0 Å². The van der Waals surface area contributed by atoms with Crippen LogP contribution in [0.4, 0.5) is 0 Å². The van der Waals surface area contributed by atoms with Gasteiger partial charge < -0.3 is 4.89 Å². The van der Waals surface area contributed by atoms with Gasteiger partial charge in [-0.15, -0.1) is 0 Å². The zero-order valence-corrected chi connectivity index (χ0v) is 4.93. The summed E-state index contributed by atoms with van der Waals surface area (Å²) < 4.78 is 8.46. The van der Waals surface area contributed by atoms with Crippen molar-refractivity contribution in [1.82, 2.24) is 0 Å². The van der Waals surface area contributed by atoms with Gasteiger partial charge >= 0.3 is 8.69 Å². The molecule has 4 heteroatoms. The normalized spacial score (nSPS) is 5.25. The summed E-state index contributed by atoms with van der Waals surface area (Å²) in [6, 6.07) is 0. The maximum atomic E-state index is 8.46. The van der Waals surface area contributed by atoms with Gasteiger partial charge in [0, 0.05) is 20.1 Å². The molecular formula is HIrO2P. The fourth-order valence-electron chi connectivity index (χ4n) is 0. The third-order valence-electron chi connectivity index (χ3n) is 0. The maximum absolute atomic E-state index is 8.46. The first-order chi connectivity index (χ1) is 1.41. The van der Waals surface area contributed by atoms with Crippen molar-refractivity contribution in [1.29, 1.82) is 0 Å². The van der Waals surface area contributed by atoms with Crippen LogP contribution in [0, 0.1) is 0 Å². The molecule has 0 heterocycles. The Balaban J connectivity index is 0. The van der Waals surface area contributed by atoms with Crippen molar-refractivity contribution in [3.05, 3.63) is 0 Å². The van der Waals surface area contributed by atoms with E-state index in [9.17, 15) is 0 Å². The van der Waals surface area contributed by atoms with Gasteiger partial charge in [0.25, 0.3) is 0 Å². The molecule has 0 bridgehead atoms. The summed E-state index contributed by atoms with van der Waals surface area (Å²) in [4.78, 5) is 6.99. The van der Waals surface area contributed by atoms with Crippen LogP contribution in [-0.4, -0.2) is 4.89 Å². The summed E-state index contributed by atoms with van der Waals surface area (Å²) in [5, 5.41) is 0. The quantitative estimate of drug-likeness (QED) is 0.628. The van der Waals surface area contributed by atoms with Crippen LogP contribution < -0.4 is 0 Å². The van der Waals surface area contributed by atoms with E-state index in [1.54, 1.807) is 0 Å². The van der Waals surface area contributed by atoms with E-state index in [0.717, 1.165) is 0 Å². The van der Waals surface area contributed by atoms with E-state index >= 15 is 0 Å². The van der Waals surface area contributed by atoms with Crippen LogP contribution in [0.1, 0.15) is 0 Å². The second kappa shape index (κ2) is 9.32. The van der Waals surface area contributed by atoms with Crippen LogP contribution in [0.25, 0.3) is 0 Å². The van der Waals surface area contributed by atoms with Gasteiger partial charge in [-0.2, -0.15) is 0 Å². The van der Waals surface area contributed by atoms with E-state index < -0.39 is 8.69 Å². The van der Waals surface area contributed by atoms with Gasteiger partial charge in [0.2, 0.25) is 0 Å². The smallest absolute Gasteiger partial charge is 0.310 e. The largest absolute Gasteiger partial charge is 0.324 e. The molecule has 0 aromatic rings. The summed E-state index contributed by atoms with van der Waals surface area (Å²) in [5.74, 6) is 0. The minimum Gasteiger partial charge on any atom is -0.310 e. The fraction of sp³-hybridized carbons (Fsp3) is 0. The molecule has 27 valence electrons. The maximum Gasteiger partial charge on any atom is 0.324 e. The zero-order chi connectivity index (χ0) is 2.71. The van der Waals surface area contributed by atoms with Gasteiger partial charge in [0.15, 0.2) is 0 Å². The standard InChI is InChI=1S/Ir.HO2P/c;1-3-2/h;(H,1,2). The van der Waals surface area contributed by atoms with Crippen molar-refractivity contribution in [2.24, 2.45) is 0 Å². The minimum absolute atomic E-state index is 0. The molecule has 0 atom stereocenters. The summed E-state index contributed by atoms with van der Waals surface area (Å²) in [7, 11) is -0.833. The Morgan fingerprint density at radius 1 is 1.75 bits per heavy atom. The van der Waals surface area contributed by atoms with Gasteiger partial charge in [0.05, 0.1) is 0 Å². The Bertz CT molecular complexity index is 13.5. The van der Waals surface area contributed by atoms with Crippen molar-refractivity contribution in [3.8, 4) is 0 Å². The molecule has 0 saturated heterocycles.